The van der Waals surface area contributed by atoms with E-state index in [1.54, 1.807) is 12.1 Å². The van der Waals surface area contributed by atoms with Crippen LogP contribution in [0, 0.1) is 11.6 Å². The van der Waals surface area contributed by atoms with Crippen LogP contribution in [0.3, 0.4) is 0 Å². The van der Waals surface area contributed by atoms with E-state index < -0.39 is 23.7 Å². The third kappa shape index (κ3) is 3.51. The van der Waals surface area contributed by atoms with Gasteiger partial charge in [-0.2, -0.15) is 0 Å². The van der Waals surface area contributed by atoms with Gasteiger partial charge in [-0.05, 0) is 30.3 Å². The van der Waals surface area contributed by atoms with Crippen LogP contribution in [-0.4, -0.2) is 24.5 Å². The molecule has 1 fully saturated rings. The highest BCUT2D eigenvalue weighted by atomic mass is 19.1. The first-order chi connectivity index (χ1) is 11.5. The normalized spacial score (nSPS) is 17.0. The molecule has 3 rings (SSSR count). The Morgan fingerprint density at radius 3 is 2.67 bits per heavy atom. The number of carbonyl (C=O) groups excluding carboxylic acids is 2. The Hall–Kier alpha value is -2.96. The highest BCUT2D eigenvalue weighted by molar-refractivity contribution is 5.97. The van der Waals surface area contributed by atoms with Crippen LogP contribution in [0.1, 0.15) is 6.42 Å². The van der Waals surface area contributed by atoms with Gasteiger partial charge >= 0.3 is 6.03 Å². The zero-order valence-electron chi connectivity index (χ0n) is 12.6. The summed E-state index contributed by atoms with van der Waals surface area (Å²) in [5, 5.41) is 5.03. The van der Waals surface area contributed by atoms with Crippen LogP contribution >= 0.6 is 0 Å². The van der Waals surface area contributed by atoms with Gasteiger partial charge in [0.2, 0.25) is 5.91 Å². The van der Waals surface area contributed by atoms with Crippen LogP contribution in [0.2, 0.25) is 0 Å². The SMILES string of the molecule is O=C(Nc1ccccc1F)N[C@H]1CC(=O)N(c2cccc(F)c2)C1. The van der Waals surface area contributed by atoms with Crippen LogP contribution in [0.15, 0.2) is 48.5 Å². The quantitative estimate of drug-likeness (QED) is 0.908. The fraction of sp³-hybridized carbons (Fsp3) is 0.176. The second-order valence-corrected chi connectivity index (χ2v) is 5.46. The van der Waals surface area contributed by atoms with Gasteiger partial charge in [0.05, 0.1) is 11.7 Å². The largest absolute Gasteiger partial charge is 0.333 e. The Bertz CT molecular complexity index is 782. The molecule has 1 heterocycles. The number of para-hydroxylation sites is 1. The number of rotatable bonds is 3. The van der Waals surface area contributed by atoms with Crippen molar-refractivity contribution in [3.63, 3.8) is 0 Å². The van der Waals surface area contributed by atoms with Crippen molar-refractivity contribution in [1.82, 2.24) is 5.32 Å². The second kappa shape index (κ2) is 6.66. The Morgan fingerprint density at radius 1 is 1.12 bits per heavy atom. The molecule has 0 aromatic heterocycles. The maximum atomic E-state index is 13.5. The molecule has 0 saturated carbocycles. The first kappa shape index (κ1) is 15.9. The molecule has 3 amide bonds. The zero-order chi connectivity index (χ0) is 17.1. The topological polar surface area (TPSA) is 61.4 Å². The van der Waals surface area contributed by atoms with Crippen LogP contribution in [0.5, 0.6) is 0 Å². The van der Waals surface area contributed by atoms with Crippen LogP contribution in [0.4, 0.5) is 25.0 Å². The first-order valence-electron chi connectivity index (χ1n) is 7.41. The van der Waals surface area contributed by atoms with Crippen molar-refractivity contribution in [2.75, 3.05) is 16.8 Å². The van der Waals surface area contributed by atoms with E-state index in [1.165, 1.54) is 41.3 Å². The molecule has 124 valence electrons. The summed E-state index contributed by atoms with van der Waals surface area (Å²) in [5.74, 6) is -1.19. The maximum Gasteiger partial charge on any atom is 0.319 e. The van der Waals surface area contributed by atoms with Gasteiger partial charge in [-0.3, -0.25) is 4.79 Å². The molecule has 2 aromatic carbocycles. The number of nitrogens with zero attached hydrogens (tertiary/aromatic N) is 1. The smallest absolute Gasteiger partial charge is 0.319 e. The van der Waals surface area contributed by atoms with E-state index >= 15 is 0 Å². The van der Waals surface area contributed by atoms with Crippen molar-refractivity contribution in [1.29, 1.82) is 0 Å². The maximum absolute atomic E-state index is 13.5. The summed E-state index contributed by atoms with van der Waals surface area (Å²) in [6.45, 7) is 0.229. The van der Waals surface area contributed by atoms with Gasteiger partial charge < -0.3 is 15.5 Å². The number of nitrogens with one attached hydrogen (secondary N) is 2. The Balaban J connectivity index is 1.62. The molecule has 2 N–H and O–H groups in total. The molecule has 7 heteroatoms. The van der Waals surface area contributed by atoms with Crippen molar-refractivity contribution in [2.24, 2.45) is 0 Å². The summed E-state index contributed by atoms with van der Waals surface area (Å²) >= 11 is 0. The lowest BCUT2D eigenvalue weighted by Crippen LogP contribution is -2.39. The molecule has 1 aliphatic rings. The molecule has 0 bridgehead atoms. The van der Waals surface area contributed by atoms with Gasteiger partial charge in [0.1, 0.15) is 11.6 Å². The molecule has 0 aliphatic carbocycles. The van der Waals surface area contributed by atoms with Crippen molar-refractivity contribution < 1.29 is 18.4 Å². The Kier molecular flexibility index (Phi) is 4.41. The molecule has 5 nitrogen and oxygen atoms in total. The lowest BCUT2D eigenvalue weighted by atomic mass is 10.2. The van der Waals surface area contributed by atoms with Gasteiger partial charge in [-0.25, -0.2) is 13.6 Å². The van der Waals surface area contributed by atoms with E-state index in [0.717, 1.165) is 0 Å². The van der Waals surface area contributed by atoms with Crippen LogP contribution in [0.25, 0.3) is 0 Å². The van der Waals surface area contributed by atoms with Gasteiger partial charge in [0.15, 0.2) is 0 Å². The highest BCUT2D eigenvalue weighted by Gasteiger charge is 2.31. The van der Waals surface area contributed by atoms with E-state index in [2.05, 4.69) is 10.6 Å². The van der Waals surface area contributed by atoms with Crippen LogP contribution in [-0.2, 0) is 4.79 Å². The summed E-state index contributed by atoms with van der Waals surface area (Å²) in [6.07, 6.45) is 0.0984. The van der Waals surface area contributed by atoms with Crippen molar-refractivity contribution in [3.05, 3.63) is 60.2 Å². The van der Waals surface area contributed by atoms with E-state index in [4.69, 9.17) is 0 Å². The average Bonchev–Trinajstić information content (AvgIpc) is 2.90. The number of hydrogen-bond acceptors (Lipinski definition) is 2. The lowest BCUT2D eigenvalue weighted by Gasteiger charge is -2.17. The minimum absolute atomic E-state index is 0.0568. The van der Waals surface area contributed by atoms with Crippen molar-refractivity contribution in [3.8, 4) is 0 Å². The van der Waals surface area contributed by atoms with E-state index in [1.807, 2.05) is 0 Å². The standard InChI is InChI=1S/C17H15F2N3O2/c18-11-4-3-5-13(8-11)22-10-12(9-16(22)23)20-17(24)21-15-7-2-1-6-14(15)19/h1-8,12H,9-10H2,(H2,20,21,24)/t12-/m0/s1. The minimum atomic E-state index is -0.598. The van der Waals surface area contributed by atoms with Gasteiger partial charge in [0.25, 0.3) is 0 Å². The second-order valence-electron chi connectivity index (χ2n) is 5.46. The van der Waals surface area contributed by atoms with Crippen molar-refractivity contribution in [2.45, 2.75) is 12.5 Å². The van der Waals surface area contributed by atoms with Crippen molar-refractivity contribution >= 4 is 23.3 Å². The highest BCUT2D eigenvalue weighted by Crippen LogP contribution is 2.22. The number of anilines is 2. The fourth-order valence-corrected chi connectivity index (χ4v) is 2.60. The zero-order valence-corrected chi connectivity index (χ0v) is 12.6. The summed E-state index contributed by atoms with van der Waals surface area (Å²) < 4.78 is 26.8. The average molecular weight is 331 g/mol. The summed E-state index contributed by atoms with van der Waals surface area (Å²) in [7, 11) is 0. The molecule has 0 radical (unpaired) electrons. The first-order valence-corrected chi connectivity index (χ1v) is 7.41. The molecule has 1 atom stereocenters. The lowest BCUT2D eigenvalue weighted by molar-refractivity contribution is -0.117. The van der Waals surface area contributed by atoms with Gasteiger partial charge in [-0.15, -0.1) is 0 Å². The Morgan fingerprint density at radius 2 is 1.92 bits per heavy atom. The molecule has 1 aliphatic heterocycles. The molecule has 0 unspecified atom stereocenters. The monoisotopic (exact) mass is 331 g/mol. The summed E-state index contributed by atoms with van der Waals surface area (Å²) in [4.78, 5) is 25.4. The minimum Gasteiger partial charge on any atom is -0.333 e. The number of benzene rings is 2. The Labute approximate surface area is 137 Å². The van der Waals surface area contributed by atoms with Gasteiger partial charge in [0, 0.05) is 18.7 Å². The van der Waals surface area contributed by atoms with E-state index in [-0.39, 0.29) is 24.6 Å². The predicted octanol–water partition coefficient (Wildman–Crippen LogP) is 2.89. The number of carbonyl (C=O) groups is 2. The molecule has 0 spiro atoms. The third-order valence-corrected chi connectivity index (χ3v) is 3.70. The van der Waals surface area contributed by atoms with E-state index in [9.17, 15) is 18.4 Å². The number of urea groups is 1. The molecule has 1 saturated heterocycles. The number of amides is 3. The fourth-order valence-electron chi connectivity index (χ4n) is 2.60. The van der Waals surface area contributed by atoms with Crippen LogP contribution < -0.4 is 15.5 Å². The molecule has 24 heavy (non-hydrogen) atoms. The van der Waals surface area contributed by atoms with Gasteiger partial charge in [-0.1, -0.05) is 18.2 Å². The summed E-state index contributed by atoms with van der Waals surface area (Å²) in [6, 6.07) is 10.5. The number of hydrogen-bond donors (Lipinski definition) is 2. The predicted molar refractivity (Wildman–Crippen MR) is 85.7 cm³/mol. The summed E-state index contributed by atoms with van der Waals surface area (Å²) in [5.41, 5.74) is 0.500. The number of halogens is 2. The molecular weight excluding hydrogens is 316 g/mol. The van der Waals surface area contributed by atoms with E-state index in [0.29, 0.717) is 5.69 Å². The third-order valence-electron chi connectivity index (χ3n) is 3.70. The molecular formula is C17H15F2N3O2. The molecule has 2 aromatic rings.